The third-order valence-corrected chi connectivity index (χ3v) is 5.52. The zero-order valence-electron chi connectivity index (χ0n) is 11.0. The summed E-state index contributed by atoms with van der Waals surface area (Å²) in [6, 6.07) is 11.4. The molecule has 0 aliphatic heterocycles. The fraction of sp³-hybridized carbons (Fsp3) is 0. The maximum atomic E-state index is 12.0. The molecule has 3 aromatic carbocycles. The summed E-state index contributed by atoms with van der Waals surface area (Å²) in [7, 11) is 0. The molecule has 1 heterocycles. The van der Waals surface area contributed by atoms with Gasteiger partial charge in [0.05, 0.1) is 10.8 Å². The molecule has 4 aromatic rings. The van der Waals surface area contributed by atoms with Crippen LogP contribution in [0, 0.1) is 0 Å². The topological polar surface area (TPSA) is 65.7 Å². The van der Waals surface area contributed by atoms with Gasteiger partial charge in [0.25, 0.3) is 11.1 Å². The Morgan fingerprint density at radius 3 is 1.45 bits per heavy atom. The first-order valence-electron chi connectivity index (χ1n) is 6.52. The molecule has 0 aliphatic carbocycles. The van der Waals surface area contributed by atoms with E-state index in [9.17, 15) is 9.59 Å². The van der Waals surface area contributed by atoms with Crippen molar-refractivity contribution in [2.24, 2.45) is 0 Å². The highest BCUT2D eigenvalue weighted by atomic mass is 79.9. The monoisotopic (exact) mass is 418 g/mol. The highest BCUT2D eigenvalue weighted by molar-refractivity contribution is 9.11. The standard InChI is InChI=1S/C16H8Br2N2O2/c17-13-7-3-1-2-4-8(7)14(18)10-6-12-11(5-9(10)13)15(21)19-20-16(12)22/h1-6H,(H,19,21)(H,20,22). The summed E-state index contributed by atoms with van der Waals surface area (Å²) in [4.78, 5) is 24.0. The van der Waals surface area contributed by atoms with Crippen LogP contribution in [0.1, 0.15) is 0 Å². The highest BCUT2D eigenvalue weighted by Crippen LogP contribution is 2.39. The lowest BCUT2D eigenvalue weighted by atomic mass is 10.0. The molecule has 0 unspecified atom stereocenters. The number of hydrogen-bond donors (Lipinski definition) is 2. The summed E-state index contributed by atoms with van der Waals surface area (Å²) in [5.41, 5.74) is -0.625. The van der Waals surface area contributed by atoms with E-state index >= 15 is 0 Å². The summed E-state index contributed by atoms with van der Waals surface area (Å²) in [6.45, 7) is 0. The number of fused-ring (bicyclic) bond motifs is 3. The molecule has 0 radical (unpaired) electrons. The largest absolute Gasteiger partial charge is 0.270 e. The minimum absolute atomic E-state index is 0.312. The minimum atomic E-state index is -0.312. The molecule has 108 valence electrons. The smallest absolute Gasteiger partial charge is 0.267 e. The van der Waals surface area contributed by atoms with Crippen LogP contribution in [0.2, 0.25) is 0 Å². The molecule has 1 aromatic heterocycles. The van der Waals surface area contributed by atoms with Gasteiger partial charge in [0, 0.05) is 8.95 Å². The molecule has 0 aliphatic rings. The van der Waals surface area contributed by atoms with Crippen LogP contribution in [0.5, 0.6) is 0 Å². The van der Waals surface area contributed by atoms with Gasteiger partial charge in [0.15, 0.2) is 0 Å². The first kappa shape index (κ1) is 13.7. The Balaban J connectivity index is 2.37. The number of benzene rings is 3. The van der Waals surface area contributed by atoms with Crippen LogP contribution in [-0.2, 0) is 0 Å². The number of hydrogen-bond acceptors (Lipinski definition) is 2. The predicted molar refractivity (Wildman–Crippen MR) is 95.6 cm³/mol. The second kappa shape index (κ2) is 4.79. The van der Waals surface area contributed by atoms with E-state index in [-0.39, 0.29) is 11.1 Å². The molecule has 0 saturated carbocycles. The van der Waals surface area contributed by atoms with E-state index in [4.69, 9.17) is 0 Å². The highest BCUT2D eigenvalue weighted by Gasteiger charge is 2.13. The molecule has 0 fully saturated rings. The second-order valence-corrected chi connectivity index (χ2v) is 6.61. The molecular weight excluding hydrogens is 412 g/mol. The fourth-order valence-corrected chi connectivity index (χ4v) is 4.09. The van der Waals surface area contributed by atoms with Gasteiger partial charge in [-0.3, -0.25) is 19.8 Å². The van der Waals surface area contributed by atoms with Crippen LogP contribution in [0.3, 0.4) is 0 Å². The van der Waals surface area contributed by atoms with E-state index in [1.807, 2.05) is 24.3 Å². The molecule has 0 atom stereocenters. The zero-order chi connectivity index (χ0) is 15.4. The lowest BCUT2D eigenvalue weighted by Gasteiger charge is -2.10. The van der Waals surface area contributed by atoms with Crippen LogP contribution in [0.25, 0.3) is 32.3 Å². The van der Waals surface area contributed by atoms with Gasteiger partial charge in [0.1, 0.15) is 0 Å². The van der Waals surface area contributed by atoms with E-state index in [2.05, 4.69) is 42.1 Å². The number of aromatic nitrogens is 2. The zero-order valence-corrected chi connectivity index (χ0v) is 14.2. The van der Waals surface area contributed by atoms with E-state index in [1.165, 1.54) is 0 Å². The second-order valence-electron chi connectivity index (χ2n) is 5.03. The third-order valence-electron chi connectivity index (χ3n) is 3.81. The molecular formula is C16H8Br2N2O2. The maximum Gasteiger partial charge on any atom is 0.270 e. The number of rotatable bonds is 0. The Bertz CT molecular complexity index is 1100. The summed E-state index contributed by atoms with van der Waals surface area (Å²) >= 11 is 7.25. The van der Waals surface area contributed by atoms with Crippen molar-refractivity contribution in [3.63, 3.8) is 0 Å². The summed E-state index contributed by atoms with van der Waals surface area (Å²) in [5.74, 6) is 0. The van der Waals surface area contributed by atoms with Gasteiger partial charge in [0.2, 0.25) is 0 Å². The van der Waals surface area contributed by atoms with Crippen LogP contribution < -0.4 is 11.1 Å². The maximum absolute atomic E-state index is 12.0. The van der Waals surface area contributed by atoms with Gasteiger partial charge >= 0.3 is 0 Å². The van der Waals surface area contributed by atoms with E-state index in [1.54, 1.807) is 12.1 Å². The lowest BCUT2D eigenvalue weighted by Crippen LogP contribution is -2.18. The van der Waals surface area contributed by atoms with E-state index in [0.717, 1.165) is 30.5 Å². The molecule has 4 nitrogen and oxygen atoms in total. The predicted octanol–water partition coefficient (Wildman–Crippen LogP) is 4.05. The average molecular weight is 420 g/mol. The molecule has 22 heavy (non-hydrogen) atoms. The number of aromatic amines is 2. The van der Waals surface area contributed by atoms with Crippen molar-refractivity contribution in [3.05, 3.63) is 66.1 Å². The van der Waals surface area contributed by atoms with Crippen molar-refractivity contribution in [2.75, 3.05) is 0 Å². The third kappa shape index (κ3) is 1.80. The Morgan fingerprint density at radius 2 is 1.05 bits per heavy atom. The summed E-state index contributed by atoms with van der Waals surface area (Å²) in [5, 5.41) is 9.32. The van der Waals surface area contributed by atoms with Gasteiger partial charge in [-0.2, -0.15) is 0 Å². The average Bonchev–Trinajstić information content (AvgIpc) is 2.55. The van der Waals surface area contributed by atoms with Gasteiger partial charge < -0.3 is 0 Å². The summed E-state index contributed by atoms with van der Waals surface area (Å²) < 4.78 is 1.81. The molecule has 4 rings (SSSR count). The number of H-pyrrole nitrogens is 2. The van der Waals surface area contributed by atoms with Crippen LogP contribution in [-0.4, -0.2) is 10.2 Å². The Kier molecular flexibility index (Phi) is 2.99. The molecule has 0 bridgehead atoms. The fourth-order valence-electron chi connectivity index (χ4n) is 2.74. The molecule has 2 N–H and O–H groups in total. The molecule has 6 heteroatoms. The Labute approximate surface area is 140 Å². The lowest BCUT2D eigenvalue weighted by molar-refractivity contribution is 0.977. The first-order chi connectivity index (χ1) is 10.6. The van der Waals surface area contributed by atoms with E-state index < -0.39 is 0 Å². The minimum Gasteiger partial charge on any atom is -0.267 e. The first-order valence-corrected chi connectivity index (χ1v) is 8.10. The number of halogens is 2. The van der Waals surface area contributed by atoms with Crippen LogP contribution in [0.4, 0.5) is 0 Å². The van der Waals surface area contributed by atoms with Crippen molar-refractivity contribution in [1.29, 1.82) is 0 Å². The van der Waals surface area contributed by atoms with Gasteiger partial charge in [-0.1, -0.05) is 24.3 Å². The van der Waals surface area contributed by atoms with Crippen molar-refractivity contribution in [3.8, 4) is 0 Å². The van der Waals surface area contributed by atoms with Crippen molar-refractivity contribution < 1.29 is 0 Å². The molecule has 0 spiro atoms. The quantitative estimate of drug-likeness (QED) is 0.422. The normalized spacial score (nSPS) is 11.5. The van der Waals surface area contributed by atoms with Gasteiger partial charge in [-0.05, 0) is 65.5 Å². The molecule has 0 saturated heterocycles. The van der Waals surface area contributed by atoms with Crippen LogP contribution in [0.15, 0.2) is 54.9 Å². The van der Waals surface area contributed by atoms with Gasteiger partial charge in [-0.25, -0.2) is 0 Å². The van der Waals surface area contributed by atoms with Crippen molar-refractivity contribution >= 4 is 64.2 Å². The van der Waals surface area contributed by atoms with Crippen molar-refractivity contribution in [2.45, 2.75) is 0 Å². The molecule has 0 amide bonds. The van der Waals surface area contributed by atoms with Gasteiger partial charge in [-0.15, -0.1) is 0 Å². The van der Waals surface area contributed by atoms with Crippen LogP contribution >= 0.6 is 31.9 Å². The van der Waals surface area contributed by atoms with Crippen molar-refractivity contribution in [1.82, 2.24) is 10.2 Å². The Hall–Kier alpha value is -1.92. The Morgan fingerprint density at radius 1 is 0.636 bits per heavy atom. The summed E-state index contributed by atoms with van der Waals surface area (Å²) in [6.07, 6.45) is 0. The number of nitrogens with one attached hydrogen (secondary N) is 2. The van der Waals surface area contributed by atoms with E-state index in [0.29, 0.717) is 10.8 Å². The SMILES string of the molecule is O=c1[nH][nH]c(=O)c2cc3c(Br)c4ccccc4c(Br)c3cc12.